The molecule has 0 radical (unpaired) electrons. The smallest absolute Gasteiger partial charge is 0.140 e. The fourth-order valence-electron chi connectivity index (χ4n) is 1.35. The minimum atomic E-state index is 0.569. The van der Waals surface area contributed by atoms with Crippen LogP contribution in [0, 0.1) is 13.8 Å². The van der Waals surface area contributed by atoms with E-state index in [9.17, 15) is 0 Å². The van der Waals surface area contributed by atoms with E-state index in [-0.39, 0.29) is 0 Å². The first kappa shape index (κ1) is 11.9. The number of aromatic nitrogens is 2. The van der Waals surface area contributed by atoms with Crippen LogP contribution in [0.4, 0.5) is 5.82 Å². The van der Waals surface area contributed by atoms with Gasteiger partial charge in [0.15, 0.2) is 0 Å². The highest BCUT2D eigenvalue weighted by Gasteiger charge is 2.01. The van der Waals surface area contributed by atoms with E-state index >= 15 is 0 Å². The summed E-state index contributed by atoms with van der Waals surface area (Å²) in [5.74, 6) is 2.09. The van der Waals surface area contributed by atoms with Crippen LogP contribution in [0.5, 0.6) is 0 Å². The van der Waals surface area contributed by atoms with Gasteiger partial charge in [-0.2, -0.15) is 0 Å². The molecule has 0 fully saturated rings. The zero-order valence-electron chi connectivity index (χ0n) is 9.97. The van der Waals surface area contributed by atoms with Crippen molar-refractivity contribution in [3.05, 3.63) is 47.4 Å². The summed E-state index contributed by atoms with van der Waals surface area (Å²) in [7, 11) is 0. The SMILES string of the molecule is Cc1ccc(SCc2ncc(C)c(N)n2)cc1. The topological polar surface area (TPSA) is 51.8 Å². The van der Waals surface area contributed by atoms with Crippen molar-refractivity contribution in [1.82, 2.24) is 9.97 Å². The summed E-state index contributed by atoms with van der Waals surface area (Å²) < 4.78 is 0. The molecule has 0 atom stereocenters. The molecule has 17 heavy (non-hydrogen) atoms. The molecule has 2 N–H and O–H groups in total. The van der Waals surface area contributed by atoms with Gasteiger partial charge >= 0.3 is 0 Å². The molecule has 0 saturated heterocycles. The number of rotatable bonds is 3. The van der Waals surface area contributed by atoms with Gasteiger partial charge in [0.05, 0.1) is 5.75 Å². The van der Waals surface area contributed by atoms with Gasteiger partial charge in [0.25, 0.3) is 0 Å². The summed E-state index contributed by atoms with van der Waals surface area (Å²) in [6.07, 6.45) is 1.77. The molecule has 88 valence electrons. The fourth-order valence-corrected chi connectivity index (χ4v) is 2.11. The predicted octanol–water partition coefficient (Wildman–Crippen LogP) is 2.97. The van der Waals surface area contributed by atoms with Gasteiger partial charge in [-0.1, -0.05) is 17.7 Å². The van der Waals surface area contributed by atoms with Gasteiger partial charge in [-0.25, -0.2) is 9.97 Å². The van der Waals surface area contributed by atoms with Gasteiger partial charge in [0, 0.05) is 16.7 Å². The zero-order chi connectivity index (χ0) is 12.3. The minimum Gasteiger partial charge on any atom is -0.383 e. The van der Waals surface area contributed by atoms with E-state index in [4.69, 9.17) is 5.73 Å². The summed E-state index contributed by atoms with van der Waals surface area (Å²) in [4.78, 5) is 9.73. The first-order valence-electron chi connectivity index (χ1n) is 5.42. The number of nitrogen functional groups attached to an aromatic ring is 1. The summed E-state index contributed by atoms with van der Waals surface area (Å²) in [5, 5.41) is 0. The van der Waals surface area contributed by atoms with Gasteiger partial charge in [-0.15, -0.1) is 11.8 Å². The molecule has 1 heterocycles. The Kier molecular flexibility index (Phi) is 3.64. The Bertz CT molecular complexity index is 509. The maximum absolute atomic E-state index is 5.75. The number of nitrogens with zero attached hydrogens (tertiary/aromatic N) is 2. The number of hydrogen-bond acceptors (Lipinski definition) is 4. The van der Waals surface area contributed by atoms with Crippen LogP contribution in [0.3, 0.4) is 0 Å². The minimum absolute atomic E-state index is 0.569. The summed E-state index contributed by atoms with van der Waals surface area (Å²) in [6.45, 7) is 3.99. The molecule has 4 heteroatoms. The lowest BCUT2D eigenvalue weighted by atomic mass is 10.2. The Hall–Kier alpha value is -1.55. The molecular weight excluding hydrogens is 230 g/mol. The highest BCUT2D eigenvalue weighted by molar-refractivity contribution is 7.98. The summed E-state index contributed by atoms with van der Waals surface area (Å²) >= 11 is 1.72. The van der Waals surface area contributed by atoms with Crippen LogP contribution in [-0.2, 0) is 5.75 Å². The number of thioether (sulfide) groups is 1. The molecule has 0 saturated carbocycles. The molecular formula is C13H15N3S. The lowest BCUT2D eigenvalue weighted by Crippen LogP contribution is -2.00. The average Bonchev–Trinajstić information content (AvgIpc) is 2.33. The Labute approximate surface area is 105 Å². The van der Waals surface area contributed by atoms with Crippen molar-refractivity contribution < 1.29 is 0 Å². The Morgan fingerprint density at radius 3 is 2.53 bits per heavy atom. The largest absolute Gasteiger partial charge is 0.383 e. The van der Waals surface area contributed by atoms with Crippen molar-refractivity contribution >= 4 is 17.6 Å². The van der Waals surface area contributed by atoms with Gasteiger partial charge in [0.1, 0.15) is 11.6 Å². The first-order chi connectivity index (χ1) is 8.15. The summed E-state index contributed by atoms with van der Waals surface area (Å²) in [6, 6.07) is 8.43. The van der Waals surface area contributed by atoms with Crippen molar-refractivity contribution in [3.8, 4) is 0 Å². The van der Waals surface area contributed by atoms with Crippen molar-refractivity contribution in [2.75, 3.05) is 5.73 Å². The van der Waals surface area contributed by atoms with Crippen LogP contribution in [-0.4, -0.2) is 9.97 Å². The maximum Gasteiger partial charge on any atom is 0.140 e. The second-order valence-electron chi connectivity index (χ2n) is 3.96. The molecule has 0 spiro atoms. The molecule has 0 aliphatic heterocycles. The van der Waals surface area contributed by atoms with Crippen LogP contribution < -0.4 is 5.73 Å². The quantitative estimate of drug-likeness (QED) is 0.845. The van der Waals surface area contributed by atoms with Crippen LogP contribution >= 0.6 is 11.8 Å². The van der Waals surface area contributed by atoms with E-state index in [0.29, 0.717) is 5.82 Å². The van der Waals surface area contributed by atoms with Gasteiger partial charge < -0.3 is 5.73 Å². The average molecular weight is 245 g/mol. The number of benzene rings is 1. The lowest BCUT2D eigenvalue weighted by Gasteiger charge is -2.03. The third-order valence-electron chi connectivity index (χ3n) is 2.45. The molecule has 2 aromatic rings. The zero-order valence-corrected chi connectivity index (χ0v) is 10.8. The van der Waals surface area contributed by atoms with E-state index < -0.39 is 0 Å². The van der Waals surface area contributed by atoms with Crippen molar-refractivity contribution in [2.24, 2.45) is 0 Å². The third kappa shape index (κ3) is 3.20. The van der Waals surface area contributed by atoms with E-state index in [1.54, 1.807) is 18.0 Å². The van der Waals surface area contributed by atoms with Crippen molar-refractivity contribution in [2.45, 2.75) is 24.5 Å². The van der Waals surface area contributed by atoms with E-state index in [2.05, 4.69) is 41.2 Å². The van der Waals surface area contributed by atoms with Crippen LogP contribution in [0.1, 0.15) is 17.0 Å². The van der Waals surface area contributed by atoms with Gasteiger partial charge in [0.2, 0.25) is 0 Å². The normalized spacial score (nSPS) is 10.5. The van der Waals surface area contributed by atoms with Crippen molar-refractivity contribution in [1.29, 1.82) is 0 Å². The molecule has 0 aliphatic rings. The molecule has 2 rings (SSSR count). The van der Waals surface area contributed by atoms with Crippen molar-refractivity contribution in [3.63, 3.8) is 0 Å². The van der Waals surface area contributed by atoms with E-state index in [1.807, 2.05) is 6.92 Å². The van der Waals surface area contributed by atoms with E-state index in [0.717, 1.165) is 17.1 Å². The molecule has 1 aromatic heterocycles. The molecule has 1 aromatic carbocycles. The Morgan fingerprint density at radius 2 is 1.88 bits per heavy atom. The number of hydrogen-bond donors (Lipinski definition) is 1. The number of nitrogens with two attached hydrogens (primary N) is 1. The Morgan fingerprint density at radius 1 is 1.18 bits per heavy atom. The third-order valence-corrected chi connectivity index (χ3v) is 3.46. The van der Waals surface area contributed by atoms with Crippen LogP contribution in [0.15, 0.2) is 35.4 Å². The predicted molar refractivity (Wildman–Crippen MR) is 71.9 cm³/mol. The standard InChI is InChI=1S/C13H15N3S/c1-9-3-5-11(6-4-9)17-8-12-15-7-10(2)13(14)16-12/h3-7H,8H2,1-2H3,(H2,14,15,16). The highest BCUT2D eigenvalue weighted by atomic mass is 32.2. The summed E-state index contributed by atoms with van der Waals surface area (Å²) in [5.41, 5.74) is 7.94. The van der Waals surface area contributed by atoms with Gasteiger partial charge in [-0.3, -0.25) is 0 Å². The van der Waals surface area contributed by atoms with Crippen LogP contribution in [0.2, 0.25) is 0 Å². The first-order valence-corrected chi connectivity index (χ1v) is 6.41. The lowest BCUT2D eigenvalue weighted by molar-refractivity contribution is 1.02. The van der Waals surface area contributed by atoms with Gasteiger partial charge in [-0.05, 0) is 26.0 Å². The fraction of sp³-hybridized carbons (Fsp3) is 0.231. The second-order valence-corrected chi connectivity index (χ2v) is 5.00. The molecule has 0 amide bonds. The molecule has 0 unspecified atom stereocenters. The van der Waals surface area contributed by atoms with E-state index in [1.165, 1.54) is 10.5 Å². The highest BCUT2D eigenvalue weighted by Crippen LogP contribution is 2.22. The van der Waals surface area contributed by atoms with Crippen LogP contribution in [0.25, 0.3) is 0 Å². The Balaban J connectivity index is 2.02. The maximum atomic E-state index is 5.75. The number of anilines is 1. The number of aryl methyl sites for hydroxylation is 2. The molecule has 0 bridgehead atoms. The molecule has 0 aliphatic carbocycles. The monoisotopic (exact) mass is 245 g/mol. The molecule has 3 nitrogen and oxygen atoms in total. The second kappa shape index (κ2) is 5.19.